The molecule has 5 N–H and O–H groups in total. The Balaban J connectivity index is 0. The Bertz CT molecular complexity index is 15.1. The molecule has 0 radical (unpaired) electrons. The minimum atomic E-state index is 0.250. The van der Waals surface area contributed by atoms with E-state index in [1.54, 1.807) is 0 Å². The Morgan fingerprint density at radius 1 is 1.60 bits per heavy atom. The lowest BCUT2D eigenvalue weighted by Crippen LogP contribution is -1.82. The van der Waals surface area contributed by atoms with Crippen LogP contribution in [0.25, 0.3) is 0 Å². The molecule has 0 fully saturated rings. The van der Waals surface area contributed by atoms with E-state index in [2.05, 4.69) is 11.6 Å². The number of rotatable bonds is 0. The van der Waals surface area contributed by atoms with E-state index in [1.807, 2.05) is 0 Å². The average molecular weight is 78.1 g/mol. The molecule has 0 atom stereocenters. The maximum atomic E-state index is 8.58. The lowest BCUT2D eigenvalue weighted by Gasteiger charge is -1.32. The summed E-state index contributed by atoms with van der Waals surface area (Å²) in [6.07, 6.45) is 0.250. The van der Waals surface area contributed by atoms with Crippen molar-refractivity contribution in [1.29, 1.82) is 0 Å². The first-order valence-corrected chi connectivity index (χ1v) is 0.827. The zero-order chi connectivity index (χ0) is 4.71. The Morgan fingerprint density at radius 2 is 1.60 bits per heavy atom. The molecular weight excluding hydrogens is 72.0 g/mol. The third-order valence-electron chi connectivity index (χ3n) is 0. The van der Waals surface area contributed by atoms with Gasteiger partial charge in [0.1, 0.15) is 0 Å². The van der Waals surface area contributed by atoms with Gasteiger partial charge < -0.3 is 10.9 Å². The van der Waals surface area contributed by atoms with Gasteiger partial charge in [-0.05, 0) is 0 Å². The van der Waals surface area contributed by atoms with Crippen LogP contribution in [0.15, 0.2) is 0 Å². The summed E-state index contributed by atoms with van der Waals surface area (Å²) < 4.78 is 0. The summed E-state index contributed by atoms with van der Waals surface area (Å²) in [5.74, 6) is 3.50. The van der Waals surface area contributed by atoms with Gasteiger partial charge in [0.05, 0.1) is 0 Å². The van der Waals surface area contributed by atoms with Crippen LogP contribution in [-0.2, 0) is 4.79 Å². The van der Waals surface area contributed by atoms with E-state index in [-0.39, 0.29) is 6.41 Å². The molecule has 0 saturated heterocycles. The lowest BCUT2D eigenvalue weighted by atomic mass is 11.5. The fraction of sp³-hybridized carbons (Fsp3) is 0. The zero-order valence-corrected chi connectivity index (χ0v) is 2.59. The van der Waals surface area contributed by atoms with E-state index in [1.165, 1.54) is 0 Å². The van der Waals surface area contributed by atoms with E-state index >= 15 is 0 Å². The maximum Gasteiger partial charge on any atom is 0.204 e. The molecule has 0 unspecified atom stereocenters. The molecule has 4 nitrogen and oxygen atoms in total. The van der Waals surface area contributed by atoms with Crippen molar-refractivity contribution in [1.82, 2.24) is 0 Å². The summed E-state index contributed by atoms with van der Waals surface area (Å²) in [6, 6.07) is 0. The molecular formula is CH6N2O2. The SMILES string of the molecule is NC=O.NO. The van der Waals surface area contributed by atoms with E-state index < -0.39 is 0 Å². The third-order valence-corrected chi connectivity index (χ3v) is 0. The van der Waals surface area contributed by atoms with Crippen LogP contribution < -0.4 is 11.6 Å². The largest absolute Gasteiger partial charge is 0.372 e. The molecule has 0 aromatic heterocycles. The first kappa shape index (κ1) is 8.83. The normalized spacial score (nSPS) is 3.60. The topological polar surface area (TPSA) is 89.3 Å². The summed E-state index contributed by atoms with van der Waals surface area (Å²) >= 11 is 0. The van der Waals surface area contributed by atoms with Crippen LogP contribution in [0.4, 0.5) is 0 Å². The minimum Gasteiger partial charge on any atom is -0.372 e. The summed E-state index contributed by atoms with van der Waals surface area (Å²) in [5.41, 5.74) is 4.17. The Kier molecular flexibility index (Phi) is 225. The van der Waals surface area contributed by atoms with Crippen molar-refractivity contribution in [2.75, 3.05) is 0 Å². The summed E-state index contributed by atoms with van der Waals surface area (Å²) in [7, 11) is 0. The molecule has 0 bridgehead atoms. The van der Waals surface area contributed by atoms with E-state index in [0.717, 1.165) is 0 Å². The van der Waals surface area contributed by atoms with Crippen LogP contribution in [0.1, 0.15) is 0 Å². The minimum absolute atomic E-state index is 0.250. The average Bonchev–Trinajstić information content (AvgIpc) is 1.46. The molecule has 0 aromatic carbocycles. The monoisotopic (exact) mass is 78.0 g/mol. The van der Waals surface area contributed by atoms with Crippen LogP contribution in [0, 0.1) is 0 Å². The highest BCUT2D eigenvalue weighted by Crippen LogP contribution is 0.798. The quantitative estimate of drug-likeness (QED) is 0.241. The van der Waals surface area contributed by atoms with Crippen molar-refractivity contribution >= 4 is 6.41 Å². The summed E-state index contributed by atoms with van der Waals surface area (Å²) in [5, 5.41) is 6.50. The van der Waals surface area contributed by atoms with Crippen molar-refractivity contribution < 1.29 is 10.0 Å². The van der Waals surface area contributed by atoms with Crippen LogP contribution in [0.5, 0.6) is 0 Å². The molecule has 32 valence electrons. The maximum absolute atomic E-state index is 8.58. The predicted octanol–water partition coefficient (Wildman–Crippen LogP) is -1.56. The molecule has 4 heteroatoms. The smallest absolute Gasteiger partial charge is 0.204 e. The molecule has 0 aliphatic carbocycles. The second-order valence-electron chi connectivity index (χ2n) is 0.136. The van der Waals surface area contributed by atoms with E-state index in [4.69, 9.17) is 10.0 Å². The first-order chi connectivity index (χ1) is 2.41. The summed E-state index contributed by atoms with van der Waals surface area (Å²) in [4.78, 5) is 8.58. The molecule has 5 heavy (non-hydrogen) atoms. The Morgan fingerprint density at radius 3 is 1.60 bits per heavy atom. The van der Waals surface area contributed by atoms with E-state index in [9.17, 15) is 0 Å². The van der Waals surface area contributed by atoms with Crippen LogP contribution in [0.3, 0.4) is 0 Å². The lowest BCUT2D eigenvalue weighted by molar-refractivity contribution is -0.106. The molecule has 0 saturated carbocycles. The molecule has 0 rings (SSSR count). The number of nitrogens with two attached hydrogens (primary N) is 2. The third kappa shape index (κ3) is 17.6. The number of hydrogen-bond donors (Lipinski definition) is 3. The van der Waals surface area contributed by atoms with Crippen molar-refractivity contribution in [3.05, 3.63) is 0 Å². The van der Waals surface area contributed by atoms with Gasteiger partial charge in [-0.15, -0.1) is 0 Å². The van der Waals surface area contributed by atoms with Crippen LogP contribution >= 0.6 is 0 Å². The zero-order valence-electron chi connectivity index (χ0n) is 2.59. The van der Waals surface area contributed by atoms with Gasteiger partial charge in [0, 0.05) is 0 Å². The fourth-order valence-corrected chi connectivity index (χ4v) is 0. The number of hydrogen-bond acceptors (Lipinski definition) is 3. The van der Waals surface area contributed by atoms with Crippen molar-refractivity contribution in [3.8, 4) is 0 Å². The summed E-state index contributed by atoms with van der Waals surface area (Å²) in [6.45, 7) is 0. The molecule has 0 spiro atoms. The van der Waals surface area contributed by atoms with Gasteiger partial charge in [-0.2, -0.15) is 0 Å². The molecule has 0 aliphatic heterocycles. The molecule has 0 heterocycles. The van der Waals surface area contributed by atoms with Gasteiger partial charge in [0.25, 0.3) is 0 Å². The van der Waals surface area contributed by atoms with Gasteiger partial charge in [0.2, 0.25) is 6.41 Å². The fourth-order valence-electron chi connectivity index (χ4n) is 0. The second-order valence-corrected chi connectivity index (χ2v) is 0.136. The number of carbonyl (C=O) groups is 1. The Hall–Kier alpha value is -0.610. The molecule has 0 aliphatic rings. The highest BCUT2D eigenvalue weighted by atomic mass is 16.4. The number of amides is 1. The Labute approximate surface area is 29.3 Å². The van der Waals surface area contributed by atoms with Crippen molar-refractivity contribution in [3.63, 3.8) is 0 Å². The molecule has 0 aromatic rings. The van der Waals surface area contributed by atoms with Gasteiger partial charge >= 0.3 is 0 Å². The highest BCUT2D eigenvalue weighted by molar-refractivity contribution is 5.42. The van der Waals surface area contributed by atoms with Crippen molar-refractivity contribution in [2.45, 2.75) is 0 Å². The number of carbonyl (C=O) groups excluding carboxylic acids is 1. The van der Waals surface area contributed by atoms with Gasteiger partial charge in [0.15, 0.2) is 0 Å². The van der Waals surface area contributed by atoms with Crippen LogP contribution in [0.2, 0.25) is 0 Å². The van der Waals surface area contributed by atoms with E-state index in [0.29, 0.717) is 0 Å². The van der Waals surface area contributed by atoms with Crippen LogP contribution in [-0.4, -0.2) is 11.6 Å². The second kappa shape index (κ2) is 127. The highest BCUT2D eigenvalue weighted by Gasteiger charge is 1.19. The van der Waals surface area contributed by atoms with Gasteiger partial charge in [-0.1, -0.05) is 0 Å². The molecule has 1 amide bonds. The predicted molar refractivity (Wildman–Crippen MR) is 16.2 cm³/mol. The van der Waals surface area contributed by atoms with Gasteiger partial charge in [-0.25, -0.2) is 5.90 Å². The number of primary amides is 1. The standard InChI is InChI=1S/CH3NO.H3NO/c2-1-3;1-2/h1H,(H2,2,3);2H,1H2. The van der Waals surface area contributed by atoms with Gasteiger partial charge in [-0.3, -0.25) is 4.79 Å². The first-order valence-electron chi connectivity index (χ1n) is 0.827. The van der Waals surface area contributed by atoms with Crippen molar-refractivity contribution in [2.24, 2.45) is 11.6 Å².